The van der Waals surface area contributed by atoms with Crippen molar-refractivity contribution in [2.24, 2.45) is 0 Å². The maximum atomic E-state index is 10.0. The molecule has 6 heteroatoms. The van der Waals surface area contributed by atoms with E-state index in [4.69, 9.17) is 5.11 Å². The molecule has 1 heterocycles. The fourth-order valence-electron chi connectivity index (χ4n) is 0.698. The summed E-state index contributed by atoms with van der Waals surface area (Å²) in [5, 5.41) is 9.51. The number of unbranched alkanes of at least 4 members (excludes halogenated alkanes) is 1. The number of hydrogen-bond acceptors (Lipinski definition) is 5. The van der Waals surface area contributed by atoms with Crippen LogP contribution in [0.15, 0.2) is 0 Å². The Bertz CT molecular complexity index is 136. The summed E-state index contributed by atoms with van der Waals surface area (Å²) in [5.74, 6) is -0.770. The van der Waals surface area contributed by atoms with Gasteiger partial charge < -0.3 is 5.11 Å². The van der Waals surface area contributed by atoms with E-state index in [2.05, 4.69) is 15.5 Å². The molecule has 0 unspecified atom stereocenters. The molecule has 0 bridgehead atoms. The molecule has 0 aromatic rings. The van der Waals surface area contributed by atoms with Crippen molar-refractivity contribution < 1.29 is 19.8 Å². The number of nitrogens with one attached hydrogen (secondary N) is 1. The smallest absolute Gasteiger partial charge is 0.303 e. The van der Waals surface area contributed by atoms with E-state index in [-0.39, 0.29) is 6.42 Å². The van der Waals surface area contributed by atoms with Gasteiger partial charge in [0.2, 0.25) is 0 Å². The van der Waals surface area contributed by atoms with Crippen molar-refractivity contribution in [2.45, 2.75) is 19.3 Å². The van der Waals surface area contributed by atoms with Crippen LogP contribution in [0, 0.1) is 0 Å². The van der Waals surface area contributed by atoms with E-state index in [1.54, 1.807) is 0 Å². The molecular formula is C5H10N2O4. The fourth-order valence-corrected chi connectivity index (χ4v) is 0.698. The Morgan fingerprint density at radius 2 is 2.18 bits per heavy atom. The molecule has 1 aliphatic rings. The van der Waals surface area contributed by atoms with Crippen LogP contribution in [0.4, 0.5) is 0 Å². The van der Waals surface area contributed by atoms with E-state index in [1.807, 2.05) is 0 Å². The SMILES string of the molecule is O=C(O)CCCCN1ONO1. The number of carbonyl (C=O) groups is 1. The van der Waals surface area contributed by atoms with E-state index in [0.717, 1.165) is 6.42 Å². The van der Waals surface area contributed by atoms with Crippen molar-refractivity contribution in [3.8, 4) is 0 Å². The minimum absolute atomic E-state index is 0.196. The van der Waals surface area contributed by atoms with Gasteiger partial charge in [0.25, 0.3) is 0 Å². The third-order valence-corrected chi connectivity index (χ3v) is 1.26. The largest absolute Gasteiger partial charge is 0.481 e. The van der Waals surface area contributed by atoms with Gasteiger partial charge in [0.1, 0.15) is 0 Å². The molecule has 1 aliphatic heterocycles. The van der Waals surface area contributed by atoms with Crippen LogP contribution in [0.3, 0.4) is 0 Å². The number of aliphatic carboxylic acids is 1. The zero-order valence-electron chi connectivity index (χ0n) is 5.95. The summed E-state index contributed by atoms with van der Waals surface area (Å²) in [5.41, 5.74) is 2.12. The van der Waals surface area contributed by atoms with Crippen LogP contribution >= 0.6 is 0 Å². The number of carboxylic acids is 1. The predicted molar refractivity (Wildman–Crippen MR) is 33.5 cm³/mol. The molecule has 0 aromatic heterocycles. The number of rotatable bonds is 5. The van der Waals surface area contributed by atoms with Crippen LogP contribution in [-0.4, -0.2) is 22.8 Å². The Labute approximate surface area is 63.5 Å². The normalized spacial score (nSPS) is 17.8. The Morgan fingerprint density at radius 1 is 1.45 bits per heavy atom. The molecule has 64 valence electrons. The van der Waals surface area contributed by atoms with Gasteiger partial charge >= 0.3 is 5.97 Å². The molecule has 1 rings (SSSR count). The average molecular weight is 162 g/mol. The molecule has 11 heavy (non-hydrogen) atoms. The zero-order chi connectivity index (χ0) is 8.10. The molecule has 0 spiro atoms. The summed E-state index contributed by atoms with van der Waals surface area (Å²) >= 11 is 0. The summed E-state index contributed by atoms with van der Waals surface area (Å²) in [6.45, 7) is 0.584. The van der Waals surface area contributed by atoms with Crippen LogP contribution in [-0.2, 0) is 14.7 Å². The van der Waals surface area contributed by atoms with Crippen molar-refractivity contribution in [1.29, 1.82) is 0 Å². The van der Waals surface area contributed by atoms with Crippen LogP contribution in [0.25, 0.3) is 0 Å². The van der Waals surface area contributed by atoms with E-state index < -0.39 is 5.97 Å². The standard InChI is InChI=1S/C5H10N2O4/c8-5(9)3-1-2-4-7-10-6-11-7/h6H,1-4H2,(H,8,9). The van der Waals surface area contributed by atoms with Crippen LogP contribution in [0.5, 0.6) is 0 Å². The molecule has 0 atom stereocenters. The third kappa shape index (κ3) is 3.28. The Kier molecular flexibility index (Phi) is 3.24. The lowest BCUT2D eigenvalue weighted by Crippen LogP contribution is -2.46. The molecule has 1 saturated heterocycles. The highest BCUT2D eigenvalue weighted by Crippen LogP contribution is 2.02. The maximum Gasteiger partial charge on any atom is 0.303 e. The summed E-state index contributed by atoms with van der Waals surface area (Å²) in [7, 11) is 0. The molecule has 6 nitrogen and oxygen atoms in total. The topological polar surface area (TPSA) is 71.0 Å². The first-order chi connectivity index (χ1) is 5.29. The lowest BCUT2D eigenvalue weighted by atomic mass is 10.2. The Morgan fingerprint density at radius 3 is 2.64 bits per heavy atom. The minimum atomic E-state index is -0.770. The van der Waals surface area contributed by atoms with Crippen LogP contribution in [0.2, 0.25) is 0 Å². The van der Waals surface area contributed by atoms with Gasteiger partial charge in [0.15, 0.2) is 0 Å². The van der Waals surface area contributed by atoms with Crippen molar-refractivity contribution in [3.63, 3.8) is 0 Å². The molecule has 0 radical (unpaired) electrons. The monoisotopic (exact) mass is 162 g/mol. The number of nitrogens with zero attached hydrogens (tertiary/aromatic N) is 1. The number of hydrogen-bond donors (Lipinski definition) is 2. The second-order valence-electron chi connectivity index (χ2n) is 2.17. The van der Waals surface area contributed by atoms with E-state index in [9.17, 15) is 4.79 Å². The molecule has 0 aliphatic carbocycles. The van der Waals surface area contributed by atoms with Crippen LogP contribution < -0.4 is 5.64 Å². The lowest BCUT2D eigenvalue weighted by molar-refractivity contribution is -0.591. The number of carboxylic acid groups (broad SMARTS) is 1. The predicted octanol–water partition coefficient (Wildman–Crippen LogP) is -0.160. The van der Waals surface area contributed by atoms with Crippen molar-refractivity contribution >= 4 is 5.97 Å². The van der Waals surface area contributed by atoms with Crippen molar-refractivity contribution in [2.75, 3.05) is 6.54 Å². The van der Waals surface area contributed by atoms with Crippen LogP contribution in [0.1, 0.15) is 19.3 Å². The Hall–Kier alpha value is -0.690. The van der Waals surface area contributed by atoms with Crippen molar-refractivity contribution in [1.82, 2.24) is 10.9 Å². The summed E-state index contributed by atoms with van der Waals surface area (Å²) < 4.78 is 0. The molecule has 0 aromatic carbocycles. The third-order valence-electron chi connectivity index (χ3n) is 1.26. The van der Waals surface area contributed by atoms with E-state index in [0.29, 0.717) is 13.0 Å². The van der Waals surface area contributed by atoms with E-state index >= 15 is 0 Å². The lowest BCUT2D eigenvalue weighted by Gasteiger charge is -2.26. The quantitative estimate of drug-likeness (QED) is 0.547. The van der Waals surface area contributed by atoms with Gasteiger partial charge in [-0.05, 0) is 23.7 Å². The first-order valence-corrected chi connectivity index (χ1v) is 3.37. The molecule has 1 fully saturated rings. The molecular weight excluding hydrogens is 152 g/mol. The van der Waals surface area contributed by atoms with Gasteiger partial charge in [0.05, 0.1) is 6.54 Å². The first-order valence-electron chi connectivity index (χ1n) is 3.37. The highest BCUT2D eigenvalue weighted by Gasteiger charge is 2.15. The summed E-state index contributed by atoms with van der Waals surface area (Å²) in [6.07, 6.45) is 1.58. The summed E-state index contributed by atoms with van der Waals surface area (Å²) in [4.78, 5) is 19.1. The minimum Gasteiger partial charge on any atom is -0.481 e. The molecule has 0 saturated carbocycles. The Balaban J connectivity index is 1.83. The van der Waals surface area contributed by atoms with Gasteiger partial charge in [-0.15, -0.1) is 0 Å². The maximum absolute atomic E-state index is 10.0. The number of hydroxylamine groups is 2. The van der Waals surface area contributed by atoms with Gasteiger partial charge in [-0.1, -0.05) is 0 Å². The van der Waals surface area contributed by atoms with Gasteiger partial charge in [-0.2, -0.15) is 9.88 Å². The highest BCUT2D eigenvalue weighted by molar-refractivity contribution is 5.66. The average Bonchev–Trinajstić information content (AvgIpc) is 1.82. The molecule has 2 N–H and O–H groups in total. The highest BCUT2D eigenvalue weighted by atomic mass is 17.3. The van der Waals surface area contributed by atoms with Gasteiger partial charge in [-0.25, -0.2) is 0 Å². The first kappa shape index (κ1) is 8.41. The molecule has 0 amide bonds. The second kappa shape index (κ2) is 4.24. The fraction of sp³-hybridized carbons (Fsp3) is 0.800. The van der Waals surface area contributed by atoms with E-state index in [1.165, 1.54) is 5.23 Å². The second-order valence-corrected chi connectivity index (χ2v) is 2.17. The van der Waals surface area contributed by atoms with Gasteiger partial charge in [-0.3, -0.25) is 4.79 Å². The van der Waals surface area contributed by atoms with Gasteiger partial charge in [0, 0.05) is 6.42 Å². The summed E-state index contributed by atoms with van der Waals surface area (Å²) in [6, 6.07) is 0. The zero-order valence-corrected chi connectivity index (χ0v) is 5.95. The van der Waals surface area contributed by atoms with Crippen molar-refractivity contribution in [3.05, 3.63) is 0 Å².